The van der Waals surface area contributed by atoms with E-state index in [1.165, 1.54) is 23.0 Å². The number of amides is 1. The van der Waals surface area contributed by atoms with E-state index in [9.17, 15) is 14.4 Å². The summed E-state index contributed by atoms with van der Waals surface area (Å²) in [6.45, 7) is -0.188. The molecule has 0 fully saturated rings. The van der Waals surface area contributed by atoms with Gasteiger partial charge < -0.3 is 5.73 Å². The van der Waals surface area contributed by atoms with Gasteiger partial charge in [0.2, 0.25) is 5.91 Å². The van der Waals surface area contributed by atoms with Crippen LogP contribution in [0.2, 0.25) is 0 Å². The molecule has 2 N–H and O–H groups in total. The van der Waals surface area contributed by atoms with Gasteiger partial charge in [-0.15, -0.1) is 11.3 Å². The van der Waals surface area contributed by atoms with Gasteiger partial charge in [0.1, 0.15) is 11.2 Å². The van der Waals surface area contributed by atoms with E-state index in [2.05, 4.69) is 0 Å². The van der Waals surface area contributed by atoms with Crippen LogP contribution in [0.5, 0.6) is 0 Å². The van der Waals surface area contributed by atoms with E-state index in [4.69, 9.17) is 5.73 Å². The second kappa shape index (κ2) is 4.59. The summed E-state index contributed by atoms with van der Waals surface area (Å²) in [5.74, 6) is -0.581. The minimum absolute atomic E-state index is 0.188. The Kier molecular flexibility index (Phi) is 3.01. The largest absolute Gasteiger partial charge is 0.368 e. The highest BCUT2D eigenvalue weighted by Gasteiger charge is 2.23. The van der Waals surface area contributed by atoms with Crippen LogP contribution in [0, 0.1) is 0 Å². The third kappa shape index (κ3) is 1.81. The minimum Gasteiger partial charge on any atom is -0.368 e. The van der Waals surface area contributed by atoms with Gasteiger partial charge in [0.15, 0.2) is 0 Å². The van der Waals surface area contributed by atoms with Crippen molar-refractivity contribution in [1.82, 2.24) is 9.13 Å². The van der Waals surface area contributed by atoms with Crippen LogP contribution in [0.1, 0.15) is 23.3 Å². The Hall–Kier alpha value is -1.89. The van der Waals surface area contributed by atoms with Crippen LogP contribution in [0.3, 0.4) is 0 Å². The van der Waals surface area contributed by atoms with E-state index in [1.54, 1.807) is 0 Å². The van der Waals surface area contributed by atoms with Crippen molar-refractivity contribution < 1.29 is 4.79 Å². The molecule has 3 rings (SSSR count). The van der Waals surface area contributed by atoms with Crippen molar-refractivity contribution in [2.45, 2.75) is 32.2 Å². The molecule has 0 saturated carbocycles. The highest BCUT2D eigenvalue weighted by Crippen LogP contribution is 2.34. The van der Waals surface area contributed by atoms with Crippen molar-refractivity contribution in [2.24, 2.45) is 12.8 Å². The van der Waals surface area contributed by atoms with E-state index >= 15 is 0 Å². The Morgan fingerprint density at radius 3 is 2.70 bits per heavy atom. The number of carbonyl (C=O) groups is 1. The van der Waals surface area contributed by atoms with Crippen LogP contribution in [0.4, 0.5) is 0 Å². The summed E-state index contributed by atoms with van der Waals surface area (Å²) in [6.07, 6.45) is 3.92. The van der Waals surface area contributed by atoms with Crippen LogP contribution < -0.4 is 17.0 Å². The lowest BCUT2D eigenvalue weighted by molar-refractivity contribution is -0.118. The highest BCUT2D eigenvalue weighted by molar-refractivity contribution is 7.19. The fraction of sp³-hybridized carbons (Fsp3) is 0.462. The molecule has 2 aromatic rings. The third-order valence-corrected chi connectivity index (χ3v) is 5.01. The number of nitrogens with two attached hydrogens (primary N) is 1. The molecule has 0 aliphatic heterocycles. The summed E-state index contributed by atoms with van der Waals surface area (Å²) in [4.78, 5) is 36.9. The molecule has 1 aliphatic carbocycles. The summed E-state index contributed by atoms with van der Waals surface area (Å²) >= 11 is 1.45. The average Bonchev–Trinajstić information content (AvgIpc) is 2.80. The number of hydrogen-bond acceptors (Lipinski definition) is 4. The molecule has 20 heavy (non-hydrogen) atoms. The van der Waals surface area contributed by atoms with Gasteiger partial charge in [-0.3, -0.25) is 18.7 Å². The molecule has 0 aromatic carbocycles. The first kappa shape index (κ1) is 13.1. The van der Waals surface area contributed by atoms with Crippen molar-refractivity contribution in [3.63, 3.8) is 0 Å². The van der Waals surface area contributed by atoms with Gasteiger partial charge in [0, 0.05) is 11.9 Å². The van der Waals surface area contributed by atoms with E-state index in [1.807, 2.05) is 0 Å². The van der Waals surface area contributed by atoms with Crippen molar-refractivity contribution in [2.75, 3.05) is 0 Å². The zero-order valence-electron chi connectivity index (χ0n) is 11.1. The lowest BCUT2D eigenvalue weighted by atomic mass is 9.98. The molecule has 0 unspecified atom stereocenters. The Morgan fingerprint density at radius 2 is 2.00 bits per heavy atom. The summed E-state index contributed by atoms with van der Waals surface area (Å²) < 4.78 is 2.95. The number of aromatic nitrogens is 2. The van der Waals surface area contributed by atoms with Gasteiger partial charge >= 0.3 is 5.69 Å². The molecular weight excluding hydrogens is 278 g/mol. The van der Waals surface area contributed by atoms with Crippen LogP contribution in [0.25, 0.3) is 10.2 Å². The normalized spacial score (nSPS) is 14.4. The first-order chi connectivity index (χ1) is 9.50. The molecule has 0 spiro atoms. The van der Waals surface area contributed by atoms with Gasteiger partial charge in [-0.1, -0.05) is 0 Å². The molecule has 7 heteroatoms. The van der Waals surface area contributed by atoms with Crippen LogP contribution in [0.15, 0.2) is 9.59 Å². The van der Waals surface area contributed by atoms with E-state index < -0.39 is 11.6 Å². The Bertz CT molecular complexity index is 828. The summed E-state index contributed by atoms with van der Waals surface area (Å²) in [5, 5.41) is 0. The van der Waals surface area contributed by atoms with Crippen LogP contribution in [-0.2, 0) is 31.2 Å². The number of thiophene rings is 1. The van der Waals surface area contributed by atoms with E-state index in [0.29, 0.717) is 10.2 Å². The summed E-state index contributed by atoms with van der Waals surface area (Å²) in [5.41, 5.74) is 6.14. The number of fused-ring (bicyclic) bond motifs is 3. The first-order valence-corrected chi connectivity index (χ1v) is 7.34. The topological polar surface area (TPSA) is 87.1 Å². The molecule has 1 amide bonds. The predicted molar refractivity (Wildman–Crippen MR) is 77.2 cm³/mol. The van der Waals surface area contributed by atoms with Crippen molar-refractivity contribution >= 4 is 27.5 Å². The molecule has 2 heterocycles. The monoisotopic (exact) mass is 293 g/mol. The van der Waals surface area contributed by atoms with Gasteiger partial charge in [0.05, 0.1) is 5.52 Å². The summed E-state index contributed by atoms with van der Waals surface area (Å²) in [7, 11) is 1.43. The Labute approximate surface area is 118 Å². The molecule has 106 valence electrons. The fourth-order valence-electron chi connectivity index (χ4n) is 2.80. The van der Waals surface area contributed by atoms with E-state index in [-0.39, 0.29) is 12.1 Å². The maximum atomic E-state index is 12.2. The molecule has 0 saturated heterocycles. The SMILES string of the molecule is Cn1c(=O)c2sc3c(c2n(CC(N)=O)c1=O)CCCC3. The van der Waals surface area contributed by atoms with E-state index in [0.717, 1.165) is 40.7 Å². The van der Waals surface area contributed by atoms with Crippen LogP contribution in [-0.4, -0.2) is 15.0 Å². The summed E-state index contributed by atoms with van der Waals surface area (Å²) in [6, 6.07) is 0. The standard InChI is InChI=1S/C13H15N3O3S/c1-15-12(18)11-10(16(13(15)19)6-9(14)17)7-4-2-3-5-8(7)20-11/h2-6H2,1H3,(H2,14,17). The molecule has 2 aromatic heterocycles. The molecule has 6 nitrogen and oxygen atoms in total. The molecule has 0 radical (unpaired) electrons. The number of rotatable bonds is 2. The lowest BCUT2D eigenvalue weighted by Gasteiger charge is -2.13. The van der Waals surface area contributed by atoms with Crippen LogP contribution >= 0.6 is 11.3 Å². The van der Waals surface area contributed by atoms with Crippen molar-refractivity contribution in [1.29, 1.82) is 0 Å². The molecule has 1 aliphatic rings. The number of carbonyl (C=O) groups excluding carboxylic acids is 1. The Morgan fingerprint density at radius 1 is 1.30 bits per heavy atom. The van der Waals surface area contributed by atoms with Gasteiger partial charge in [0.25, 0.3) is 5.56 Å². The molecular formula is C13H15N3O3S. The highest BCUT2D eigenvalue weighted by atomic mass is 32.1. The number of nitrogens with zero attached hydrogens (tertiary/aromatic N) is 2. The maximum absolute atomic E-state index is 12.2. The smallest absolute Gasteiger partial charge is 0.331 e. The van der Waals surface area contributed by atoms with Gasteiger partial charge in [-0.05, 0) is 31.2 Å². The second-order valence-electron chi connectivity index (χ2n) is 5.09. The van der Waals surface area contributed by atoms with Gasteiger partial charge in [-0.2, -0.15) is 0 Å². The minimum atomic E-state index is -0.581. The third-order valence-electron chi connectivity index (χ3n) is 3.74. The zero-order valence-corrected chi connectivity index (χ0v) is 12.0. The number of aryl methyl sites for hydroxylation is 2. The fourth-order valence-corrected chi connectivity index (χ4v) is 4.17. The molecule has 0 bridgehead atoms. The lowest BCUT2D eigenvalue weighted by Crippen LogP contribution is -2.40. The maximum Gasteiger partial charge on any atom is 0.331 e. The predicted octanol–water partition coefficient (Wildman–Crippen LogP) is 0.126. The second-order valence-corrected chi connectivity index (χ2v) is 6.19. The quantitative estimate of drug-likeness (QED) is 0.853. The van der Waals surface area contributed by atoms with Crippen molar-refractivity contribution in [3.05, 3.63) is 31.3 Å². The number of primary amides is 1. The molecule has 0 atom stereocenters. The van der Waals surface area contributed by atoms with Crippen molar-refractivity contribution in [3.8, 4) is 0 Å². The number of hydrogen-bond donors (Lipinski definition) is 1. The average molecular weight is 293 g/mol. The zero-order chi connectivity index (χ0) is 14.4. The Balaban J connectivity index is 2.46. The first-order valence-electron chi connectivity index (χ1n) is 6.53. The van der Waals surface area contributed by atoms with Gasteiger partial charge in [-0.25, -0.2) is 4.79 Å².